The van der Waals surface area contributed by atoms with Gasteiger partial charge in [-0.25, -0.2) is 4.98 Å². The lowest BCUT2D eigenvalue weighted by atomic mass is 9.99. The predicted octanol–water partition coefficient (Wildman–Crippen LogP) is 14.0. The Labute approximate surface area is 339 Å². The molecule has 6 heteroatoms. The van der Waals surface area contributed by atoms with Crippen LogP contribution in [0.3, 0.4) is 0 Å². The van der Waals surface area contributed by atoms with Crippen molar-refractivity contribution < 1.29 is 4.42 Å². The second-order valence-corrected chi connectivity index (χ2v) is 16.1. The molecule has 0 unspecified atom stereocenters. The molecule has 15 rings (SSSR count). The molecule has 9 aromatic carbocycles. The van der Waals surface area contributed by atoms with Crippen LogP contribution in [-0.4, -0.2) is 23.5 Å². The number of fused-ring (bicyclic) bond motifs is 20. The normalized spacial score (nSPS) is 12.7. The number of hydrogen-bond acceptors (Lipinski definition) is 3. The first-order chi connectivity index (χ1) is 29.8. The van der Waals surface area contributed by atoms with Crippen LogP contribution < -0.4 is 0 Å². The van der Waals surface area contributed by atoms with E-state index in [1.165, 1.54) is 75.8 Å². The van der Waals surface area contributed by atoms with Crippen LogP contribution in [0.25, 0.3) is 137 Å². The molecule has 0 bridgehead atoms. The summed E-state index contributed by atoms with van der Waals surface area (Å²) in [5, 5.41) is 15.5. The molecule has 60 heavy (non-hydrogen) atoms. The number of furan rings is 1. The van der Waals surface area contributed by atoms with E-state index in [-0.39, 0.29) is 0 Å². The number of hydrogen-bond donors (Lipinski definition) is 0. The number of aromatic nitrogens is 5. The van der Waals surface area contributed by atoms with Crippen molar-refractivity contribution in [1.29, 1.82) is 0 Å². The number of rotatable bonds is 2. The largest absolute Gasteiger partial charge is 0.450 e. The van der Waals surface area contributed by atoms with Crippen molar-refractivity contribution in [1.82, 2.24) is 23.5 Å². The molecule has 0 radical (unpaired) electrons. The van der Waals surface area contributed by atoms with E-state index in [0.29, 0.717) is 17.3 Å². The van der Waals surface area contributed by atoms with Crippen LogP contribution in [0.5, 0.6) is 0 Å². The first-order valence-corrected chi connectivity index (χ1v) is 20.4. The Kier molecular flexibility index (Phi) is 5.57. The van der Waals surface area contributed by atoms with Gasteiger partial charge in [0.05, 0.1) is 38.6 Å². The fourth-order valence-corrected chi connectivity index (χ4v) is 10.8. The van der Waals surface area contributed by atoms with Gasteiger partial charge in [-0.2, -0.15) is 4.98 Å². The van der Waals surface area contributed by atoms with E-state index in [2.05, 4.69) is 177 Å². The molecule has 15 aromatic rings. The zero-order valence-corrected chi connectivity index (χ0v) is 31.9. The van der Waals surface area contributed by atoms with Crippen LogP contribution in [-0.2, 0) is 0 Å². The molecular formula is C54H29N5O. The molecule has 6 nitrogen and oxygen atoms in total. The maximum Gasteiger partial charge on any atom is 0.237 e. The van der Waals surface area contributed by atoms with Gasteiger partial charge in [0, 0.05) is 48.5 Å². The maximum absolute atomic E-state index is 6.80. The van der Waals surface area contributed by atoms with Crippen molar-refractivity contribution in [3.05, 3.63) is 176 Å². The second kappa shape index (κ2) is 10.8. The van der Waals surface area contributed by atoms with Gasteiger partial charge in [-0.05, 0) is 70.1 Å². The van der Waals surface area contributed by atoms with Crippen molar-refractivity contribution >= 4 is 125 Å². The van der Waals surface area contributed by atoms with Crippen LogP contribution in [0.15, 0.2) is 180 Å². The Hall–Kier alpha value is -8.22. The zero-order chi connectivity index (χ0) is 38.8. The van der Waals surface area contributed by atoms with E-state index in [4.69, 9.17) is 14.4 Å². The molecule has 0 aliphatic heterocycles. The molecule has 0 aliphatic carbocycles. The van der Waals surface area contributed by atoms with Gasteiger partial charge in [-0.1, -0.05) is 127 Å². The molecule has 0 saturated heterocycles. The SMILES string of the molecule is c1ccc2c(c1)ccc1c2c2ccccc2n1-c1nc(-n2c3ccccc3c3c4c5ccccc5n5c6ccc7ccccc7c6c(cc32)c45)nc2c1oc1ccccc12. The molecule has 6 aromatic heterocycles. The number of para-hydroxylation sites is 4. The zero-order valence-electron chi connectivity index (χ0n) is 31.9. The van der Waals surface area contributed by atoms with Crippen molar-refractivity contribution in [3.8, 4) is 11.8 Å². The number of nitrogens with zero attached hydrogens (tertiary/aromatic N) is 5. The summed E-state index contributed by atoms with van der Waals surface area (Å²) in [6.45, 7) is 0. The summed E-state index contributed by atoms with van der Waals surface area (Å²) in [5.41, 5.74) is 10.1. The molecule has 0 aliphatic rings. The van der Waals surface area contributed by atoms with E-state index in [1.807, 2.05) is 12.1 Å². The minimum Gasteiger partial charge on any atom is -0.450 e. The summed E-state index contributed by atoms with van der Waals surface area (Å²) in [6, 6.07) is 63.2. The van der Waals surface area contributed by atoms with Crippen LogP contribution >= 0.6 is 0 Å². The molecule has 0 spiro atoms. The summed E-state index contributed by atoms with van der Waals surface area (Å²) in [7, 11) is 0. The van der Waals surface area contributed by atoms with Crippen LogP contribution in [0, 0.1) is 0 Å². The fraction of sp³-hybridized carbons (Fsp3) is 0. The Balaban J connectivity index is 1.16. The van der Waals surface area contributed by atoms with Crippen LogP contribution in [0.1, 0.15) is 0 Å². The second-order valence-electron chi connectivity index (χ2n) is 16.1. The van der Waals surface area contributed by atoms with Gasteiger partial charge in [0.25, 0.3) is 0 Å². The summed E-state index contributed by atoms with van der Waals surface area (Å²) in [5.74, 6) is 1.30. The van der Waals surface area contributed by atoms with Crippen LogP contribution in [0.2, 0.25) is 0 Å². The van der Waals surface area contributed by atoms with Gasteiger partial charge in [-0.15, -0.1) is 0 Å². The highest BCUT2D eigenvalue weighted by Gasteiger charge is 2.28. The molecule has 0 saturated carbocycles. The van der Waals surface area contributed by atoms with Gasteiger partial charge in [0.15, 0.2) is 11.4 Å². The molecule has 0 atom stereocenters. The maximum atomic E-state index is 6.80. The highest BCUT2D eigenvalue weighted by molar-refractivity contribution is 6.37. The highest BCUT2D eigenvalue weighted by Crippen LogP contribution is 2.48. The quantitative estimate of drug-likeness (QED) is 0.176. The van der Waals surface area contributed by atoms with Gasteiger partial charge in [-0.3, -0.25) is 9.13 Å². The lowest BCUT2D eigenvalue weighted by Gasteiger charge is -2.12. The first-order valence-electron chi connectivity index (χ1n) is 20.4. The lowest BCUT2D eigenvalue weighted by Crippen LogP contribution is -2.06. The molecular weight excluding hydrogens is 735 g/mol. The Bertz CT molecular complexity index is 4370. The molecule has 6 heterocycles. The third-order valence-electron chi connectivity index (χ3n) is 13.2. The average molecular weight is 764 g/mol. The monoisotopic (exact) mass is 763 g/mol. The van der Waals surface area contributed by atoms with E-state index < -0.39 is 0 Å². The van der Waals surface area contributed by atoms with Crippen molar-refractivity contribution in [2.24, 2.45) is 0 Å². The predicted molar refractivity (Wildman–Crippen MR) is 248 cm³/mol. The molecule has 0 fully saturated rings. The third-order valence-corrected chi connectivity index (χ3v) is 13.2. The summed E-state index contributed by atoms with van der Waals surface area (Å²) < 4.78 is 13.9. The first kappa shape index (κ1) is 30.9. The summed E-state index contributed by atoms with van der Waals surface area (Å²) >= 11 is 0. The standard InChI is InChI=1S/C54H29N5O/c1-3-15-32-30(13-1)26-28-43-46(32)34-17-5-10-22-40(34)58(43)53-52-50(37-20-8-12-24-45(37)60-52)55-54(56-53)59-41-23-11-6-18-35(41)48-44(59)29-38-47-33-16-4-2-14-31(33)25-27-42(47)57-39-21-9-7-19-36(39)49(48)51(38)57/h1-29H. The van der Waals surface area contributed by atoms with Crippen molar-refractivity contribution in [2.75, 3.05) is 0 Å². The average Bonchev–Trinajstić information content (AvgIpc) is 4.10. The minimum absolute atomic E-state index is 0.591. The highest BCUT2D eigenvalue weighted by atomic mass is 16.3. The van der Waals surface area contributed by atoms with Crippen molar-refractivity contribution in [3.63, 3.8) is 0 Å². The van der Waals surface area contributed by atoms with Crippen LogP contribution in [0.4, 0.5) is 0 Å². The lowest BCUT2D eigenvalue weighted by molar-refractivity contribution is 0.661. The van der Waals surface area contributed by atoms with E-state index in [0.717, 1.165) is 43.9 Å². The van der Waals surface area contributed by atoms with Crippen molar-refractivity contribution in [2.45, 2.75) is 0 Å². The van der Waals surface area contributed by atoms with Gasteiger partial charge in [0.2, 0.25) is 5.95 Å². The van der Waals surface area contributed by atoms with Gasteiger partial charge < -0.3 is 8.82 Å². The topological polar surface area (TPSA) is 53.2 Å². The molecule has 276 valence electrons. The number of benzene rings is 9. The minimum atomic E-state index is 0.591. The Morgan fingerprint density at radius 3 is 1.65 bits per heavy atom. The summed E-state index contributed by atoms with van der Waals surface area (Å²) in [4.78, 5) is 11.2. The third kappa shape index (κ3) is 3.66. The van der Waals surface area contributed by atoms with Gasteiger partial charge in [0.1, 0.15) is 11.1 Å². The van der Waals surface area contributed by atoms with Gasteiger partial charge >= 0.3 is 0 Å². The van der Waals surface area contributed by atoms with E-state index in [9.17, 15) is 0 Å². The Morgan fingerprint density at radius 2 is 0.917 bits per heavy atom. The summed E-state index contributed by atoms with van der Waals surface area (Å²) in [6.07, 6.45) is 0. The van der Waals surface area contributed by atoms with E-state index in [1.54, 1.807) is 0 Å². The van der Waals surface area contributed by atoms with E-state index >= 15 is 0 Å². The Morgan fingerprint density at radius 1 is 0.367 bits per heavy atom. The molecule has 0 N–H and O–H groups in total. The molecule has 0 amide bonds. The smallest absolute Gasteiger partial charge is 0.237 e. The fourth-order valence-electron chi connectivity index (χ4n) is 10.8.